The molecule has 0 saturated heterocycles. The SMILES string of the molecule is COc1ccc(S(=O)(=O)Nc2cccn3ccnc23)c(OC)c1. The highest BCUT2D eigenvalue weighted by atomic mass is 32.2. The molecule has 1 N–H and O–H groups in total. The van der Waals surface area contributed by atoms with Crippen molar-refractivity contribution in [2.24, 2.45) is 0 Å². The first-order chi connectivity index (χ1) is 11.0. The van der Waals surface area contributed by atoms with Gasteiger partial charge in [0.15, 0.2) is 5.65 Å². The van der Waals surface area contributed by atoms with Crippen LogP contribution in [-0.4, -0.2) is 32.0 Å². The van der Waals surface area contributed by atoms with Crippen LogP contribution >= 0.6 is 0 Å². The van der Waals surface area contributed by atoms with Gasteiger partial charge >= 0.3 is 0 Å². The number of aromatic nitrogens is 2. The minimum atomic E-state index is -3.83. The topological polar surface area (TPSA) is 81.9 Å². The number of nitrogens with zero attached hydrogens (tertiary/aromatic N) is 2. The monoisotopic (exact) mass is 333 g/mol. The van der Waals surface area contributed by atoms with Crippen molar-refractivity contribution < 1.29 is 17.9 Å². The smallest absolute Gasteiger partial charge is 0.265 e. The normalized spacial score (nSPS) is 11.4. The summed E-state index contributed by atoms with van der Waals surface area (Å²) in [6.45, 7) is 0. The Bertz CT molecular complexity index is 950. The molecule has 0 saturated carbocycles. The molecule has 3 aromatic rings. The van der Waals surface area contributed by atoms with E-state index in [1.165, 1.54) is 26.4 Å². The first kappa shape index (κ1) is 15.2. The average Bonchev–Trinajstić information content (AvgIpc) is 3.03. The van der Waals surface area contributed by atoms with E-state index in [1.54, 1.807) is 41.2 Å². The quantitative estimate of drug-likeness (QED) is 0.774. The number of imidazole rings is 1. The summed E-state index contributed by atoms with van der Waals surface area (Å²) in [6, 6.07) is 7.90. The van der Waals surface area contributed by atoms with Crippen LogP contribution in [0.1, 0.15) is 0 Å². The van der Waals surface area contributed by atoms with E-state index >= 15 is 0 Å². The second-order valence-electron chi connectivity index (χ2n) is 4.70. The van der Waals surface area contributed by atoms with E-state index in [2.05, 4.69) is 9.71 Å². The second kappa shape index (κ2) is 5.81. The minimum Gasteiger partial charge on any atom is -0.497 e. The fourth-order valence-corrected chi connectivity index (χ4v) is 3.44. The van der Waals surface area contributed by atoms with E-state index in [0.717, 1.165) is 0 Å². The van der Waals surface area contributed by atoms with E-state index in [4.69, 9.17) is 9.47 Å². The number of hydrogen-bond donors (Lipinski definition) is 1. The van der Waals surface area contributed by atoms with Crippen molar-refractivity contribution in [2.75, 3.05) is 18.9 Å². The Hall–Kier alpha value is -2.74. The molecule has 0 radical (unpaired) electrons. The van der Waals surface area contributed by atoms with E-state index in [-0.39, 0.29) is 10.6 Å². The molecule has 0 aliphatic heterocycles. The third-order valence-corrected chi connectivity index (χ3v) is 4.73. The van der Waals surface area contributed by atoms with Crippen molar-refractivity contribution in [2.45, 2.75) is 4.90 Å². The van der Waals surface area contributed by atoms with Gasteiger partial charge in [0.05, 0.1) is 19.9 Å². The number of anilines is 1. The predicted octanol–water partition coefficient (Wildman–Crippen LogP) is 2.15. The van der Waals surface area contributed by atoms with Crippen LogP contribution in [-0.2, 0) is 10.0 Å². The molecule has 0 aliphatic carbocycles. The summed E-state index contributed by atoms with van der Waals surface area (Å²) in [5.74, 6) is 0.711. The molecule has 0 unspecified atom stereocenters. The number of fused-ring (bicyclic) bond motifs is 1. The van der Waals surface area contributed by atoms with Gasteiger partial charge < -0.3 is 13.9 Å². The average molecular weight is 333 g/mol. The molecule has 120 valence electrons. The molecular weight excluding hydrogens is 318 g/mol. The summed E-state index contributed by atoms with van der Waals surface area (Å²) in [5.41, 5.74) is 0.902. The predicted molar refractivity (Wildman–Crippen MR) is 85.5 cm³/mol. The highest BCUT2D eigenvalue weighted by Gasteiger charge is 2.21. The van der Waals surface area contributed by atoms with Crippen molar-refractivity contribution >= 4 is 21.4 Å². The zero-order chi connectivity index (χ0) is 16.4. The molecule has 0 amide bonds. The Labute approximate surface area is 133 Å². The maximum atomic E-state index is 12.7. The molecule has 1 aromatic carbocycles. The van der Waals surface area contributed by atoms with Gasteiger partial charge in [-0.3, -0.25) is 4.72 Å². The first-order valence-electron chi connectivity index (χ1n) is 6.71. The Balaban J connectivity index is 2.04. The number of benzene rings is 1. The number of methoxy groups -OCH3 is 2. The van der Waals surface area contributed by atoms with Gasteiger partial charge in [-0.25, -0.2) is 13.4 Å². The van der Waals surface area contributed by atoms with Gasteiger partial charge in [-0.2, -0.15) is 0 Å². The number of ether oxygens (including phenoxy) is 2. The molecule has 23 heavy (non-hydrogen) atoms. The summed E-state index contributed by atoms with van der Waals surface area (Å²) in [4.78, 5) is 4.17. The van der Waals surface area contributed by atoms with Crippen molar-refractivity contribution in [1.82, 2.24) is 9.38 Å². The van der Waals surface area contributed by atoms with Crippen LogP contribution in [0.4, 0.5) is 5.69 Å². The second-order valence-corrected chi connectivity index (χ2v) is 6.35. The van der Waals surface area contributed by atoms with E-state index in [0.29, 0.717) is 17.1 Å². The molecule has 0 bridgehead atoms. The number of sulfonamides is 1. The van der Waals surface area contributed by atoms with E-state index < -0.39 is 10.0 Å². The lowest BCUT2D eigenvalue weighted by molar-refractivity contribution is 0.386. The van der Waals surface area contributed by atoms with Crippen molar-refractivity contribution in [3.05, 3.63) is 48.9 Å². The maximum Gasteiger partial charge on any atom is 0.265 e. The standard InChI is InChI=1S/C15H15N3O4S/c1-21-11-5-6-14(13(10-11)22-2)23(19,20)17-12-4-3-8-18-9-7-16-15(12)18/h3-10,17H,1-2H3. The molecule has 3 rings (SSSR count). The molecule has 0 spiro atoms. The van der Waals surface area contributed by atoms with Crippen molar-refractivity contribution in [3.8, 4) is 11.5 Å². The molecule has 2 heterocycles. The zero-order valence-corrected chi connectivity index (χ0v) is 13.4. The van der Waals surface area contributed by atoms with Crippen molar-refractivity contribution in [1.29, 1.82) is 0 Å². The van der Waals surface area contributed by atoms with Crippen LogP contribution in [0.15, 0.2) is 53.8 Å². The number of pyridine rings is 1. The van der Waals surface area contributed by atoms with Gasteiger partial charge in [-0.1, -0.05) is 0 Å². The van der Waals surface area contributed by atoms with Gasteiger partial charge in [-0.05, 0) is 24.3 Å². The Morgan fingerprint density at radius 1 is 1.13 bits per heavy atom. The fourth-order valence-electron chi connectivity index (χ4n) is 2.22. The lowest BCUT2D eigenvalue weighted by Crippen LogP contribution is -2.15. The number of hydrogen-bond acceptors (Lipinski definition) is 5. The molecule has 0 fully saturated rings. The Kier molecular flexibility index (Phi) is 3.83. The highest BCUT2D eigenvalue weighted by Crippen LogP contribution is 2.30. The fraction of sp³-hybridized carbons (Fsp3) is 0.133. The molecule has 0 atom stereocenters. The number of rotatable bonds is 5. The molecule has 7 nitrogen and oxygen atoms in total. The van der Waals surface area contributed by atoms with Crippen LogP contribution in [0.2, 0.25) is 0 Å². The lowest BCUT2D eigenvalue weighted by atomic mass is 10.3. The molecule has 8 heteroatoms. The summed E-state index contributed by atoms with van der Waals surface area (Å²) >= 11 is 0. The zero-order valence-electron chi connectivity index (χ0n) is 12.6. The molecular formula is C15H15N3O4S. The van der Waals surface area contributed by atoms with Gasteiger partial charge in [0.1, 0.15) is 16.4 Å². The summed E-state index contributed by atoms with van der Waals surface area (Å²) in [6.07, 6.45) is 5.12. The first-order valence-corrected chi connectivity index (χ1v) is 8.20. The molecule has 0 aliphatic rings. The molecule has 2 aromatic heterocycles. The highest BCUT2D eigenvalue weighted by molar-refractivity contribution is 7.92. The maximum absolute atomic E-state index is 12.7. The van der Waals surface area contributed by atoms with Gasteiger partial charge in [0, 0.05) is 24.7 Å². The summed E-state index contributed by atoms with van der Waals surface area (Å²) in [7, 11) is -0.928. The minimum absolute atomic E-state index is 0.0226. The summed E-state index contributed by atoms with van der Waals surface area (Å²) in [5, 5.41) is 0. The van der Waals surface area contributed by atoms with Crippen LogP contribution in [0, 0.1) is 0 Å². The Morgan fingerprint density at radius 2 is 1.96 bits per heavy atom. The largest absolute Gasteiger partial charge is 0.497 e. The van der Waals surface area contributed by atoms with Crippen LogP contribution < -0.4 is 14.2 Å². The lowest BCUT2D eigenvalue weighted by Gasteiger charge is -2.13. The summed E-state index contributed by atoms with van der Waals surface area (Å²) < 4.78 is 39.9. The van der Waals surface area contributed by atoms with Crippen LogP contribution in [0.25, 0.3) is 5.65 Å². The van der Waals surface area contributed by atoms with Gasteiger partial charge in [-0.15, -0.1) is 0 Å². The number of nitrogens with one attached hydrogen (secondary N) is 1. The van der Waals surface area contributed by atoms with Crippen LogP contribution in [0.3, 0.4) is 0 Å². The van der Waals surface area contributed by atoms with Gasteiger partial charge in [0.2, 0.25) is 0 Å². The Morgan fingerprint density at radius 3 is 2.70 bits per heavy atom. The third kappa shape index (κ3) is 2.80. The van der Waals surface area contributed by atoms with Crippen LogP contribution in [0.5, 0.6) is 11.5 Å². The van der Waals surface area contributed by atoms with Crippen molar-refractivity contribution in [3.63, 3.8) is 0 Å². The van der Waals surface area contributed by atoms with E-state index in [1.807, 2.05) is 0 Å². The van der Waals surface area contributed by atoms with Gasteiger partial charge in [0.25, 0.3) is 10.0 Å². The third-order valence-electron chi connectivity index (χ3n) is 3.32. The van der Waals surface area contributed by atoms with E-state index in [9.17, 15) is 8.42 Å².